The minimum absolute atomic E-state index is 0.208. The maximum absolute atomic E-state index is 12.5. The van der Waals surface area contributed by atoms with Gasteiger partial charge in [0.25, 0.3) is 0 Å². The van der Waals surface area contributed by atoms with Gasteiger partial charge in [-0.05, 0) is 32.4 Å². The van der Waals surface area contributed by atoms with E-state index in [4.69, 9.17) is 0 Å². The second-order valence-corrected chi connectivity index (χ2v) is 7.30. The predicted octanol–water partition coefficient (Wildman–Crippen LogP) is 1.93. The first-order chi connectivity index (χ1) is 11.1. The van der Waals surface area contributed by atoms with Gasteiger partial charge < -0.3 is 9.80 Å². The normalized spacial score (nSPS) is 23.7. The molecule has 120 valence electrons. The number of nitrogens with zero attached hydrogens (tertiary/aromatic N) is 5. The van der Waals surface area contributed by atoms with Crippen LogP contribution in [-0.4, -0.2) is 44.6 Å². The fraction of sp³-hybridized carbons (Fsp3) is 0.500. The van der Waals surface area contributed by atoms with E-state index in [1.54, 1.807) is 11.3 Å². The highest BCUT2D eigenvalue weighted by Crippen LogP contribution is 2.35. The van der Waals surface area contributed by atoms with Crippen molar-refractivity contribution < 1.29 is 4.79 Å². The Hall–Kier alpha value is -2.02. The lowest BCUT2D eigenvalue weighted by Gasteiger charge is -2.25. The zero-order valence-corrected chi connectivity index (χ0v) is 14.1. The molecule has 6 nitrogen and oxygen atoms in total. The molecule has 2 aromatic rings. The van der Waals surface area contributed by atoms with Crippen molar-refractivity contribution in [3.8, 4) is 0 Å². The summed E-state index contributed by atoms with van der Waals surface area (Å²) in [5, 5.41) is 11.5. The average molecular weight is 329 g/mol. The lowest BCUT2D eigenvalue weighted by atomic mass is 10.1. The minimum Gasteiger partial charge on any atom is -0.349 e. The SMILES string of the molecule is Cc1ccc(N2CC[C@@H]3[C@@H]2CC(=O)N3Cc2csc(C)n2)nn1. The molecule has 2 aliphatic rings. The van der Waals surface area contributed by atoms with Crippen molar-refractivity contribution in [1.29, 1.82) is 0 Å². The van der Waals surface area contributed by atoms with Crippen LogP contribution in [0.2, 0.25) is 0 Å². The summed E-state index contributed by atoms with van der Waals surface area (Å²) in [7, 11) is 0. The first-order valence-electron chi connectivity index (χ1n) is 7.89. The standard InChI is InChI=1S/C16H19N5OS/c1-10-3-4-15(19-18-10)20-6-5-13-14(20)7-16(22)21(13)8-12-9-23-11(2)17-12/h3-4,9,13-14H,5-8H2,1-2H3/t13-,14+/m1/s1. The van der Waals surface area contributed by atoms with Crippen LogP contribution < -0.4 is 4.90 Å². The zero-order chi connectivity index (χ0) is 16.0. The van der Waals surface area contributed by atoms with E-state index < -0.39 is 0 Å². The van der Waals surface area contributed by atoms with Gasteiger partial charge in [0, 0.05) is 18.3 Å². The third-order valence-electron chi connectivity index (χ3n) is 4.69. The Kier molecular flexibility index (Phi) is 3.52. The van der Waals surface area contributed by atoms with E-state index in [9.17, 15) is 4.79 Å². The van der Waals surface area contributed by atoms with Crippen molar-refractivity contribution in [2.24, 2.45) is 0 Å². The summed E-state index contributed by atoms with van der Waals surface area (Å²) in [5.74, 6) is 1.10. The average Bonchev–Trinajstić information content (AvgIpc) is 3.19. The maximum atomic E-state index is 12.5. The molecule has 2 aliphatic heterocycles. The maximum Gasteiger partial charge on any atom is 0.225 e. The quantitative estimate of drug-likeness (QED) is 0.861. The minimum atomic E-state index is 0.208. The Balaban J connectivity index is 1.53. The Morgan fingerprint density at radius 3 is 2.83 bits per heavy atom. The van der Waals surface area contributed by atoms with E-state index in [-0.39, 0.29) is 18.0 Å². The molecule has 0 saturated carbocycles. The fourth-order valence-electron chi connectivity index (χ4n) is 3.62. The molecule has 23 heavy (non-hydrogen) atoms. The van der Waals surface area contributed by atoms with Crippen LogP contribution in [0.15, 0.2) is 17.5 Å². The number of aromatic nitrogens is 3. The smallest absolute Gasteiger partial charge is 0.225 e. The number of carbonyl (C=O) groups is 1. The Labute approximate surface area is 139 Å². The van der Waals surface area contributed by atoms with Gasteiger partial charge in [-0.1, -0.05) is 0 Å². The van der Waals surface area contributed by atoms with E-state index in [0.29, 0.717) is 13.0 Å². The molecular weight excluding hydrogens is 310 g/mol. The van der Waals surface area contributed by atoms with E-state index in [1.807, 2.05) is 36.3 Å². The number of fused-ring (bicyclic) bond motifs is 1. The molecule has 1 amide bonds. The molecule has 2 saturated heterocycles. The number of carbonyl (C=O) groups excluding carboxylic acids is 1. The highest BCUT2D eigenvalue weighted by atomic mass is 32.1. The number of rotatable bonds is 3. The van der Waals surface area contributed by atoms with E-state index in [2.05, 4.69) is 20.1 Å². The number of anilines is 1. The van der Waals surface area contributed by atoms with Gasteiger partial charge >= 0.3 is 0 Å². The van der Waals surface area contributed by atoms with Crippen LogP contribution in [0.25, 0.3) is 0 Å². The number of hydrogen-bond donors (Lipinski definition) is 0. The summed E-state index contributed by atoms with van der Waals surface area (Å²) in [6, 6.07) is 4.44. The zero-order valence-electron chi connectivity index (χ0n) is 13.3. The topological polar surface area (TPSA) is 62.2 Å². The third-order valence-corrected chi connectivity index (χ3v) is 5.51. The van der Waals surface area contributed by atoms with Crippen molar-refractivity contribution in [1.82, 2.24) is 20.1 Å². The highest BCUT2D eigenvalue weighted by Gasteiger charge is 2.47. The molecule has 4 rings (SSSR count). The molecule has 0 bridgehead atoms. The van der Waals surface area contributed by atoms with Crippen LogP contribution in [0.5, 0.6) is 0 Å². The summed E-state index contributed by atoms with van der Waals surface area (Å²) >= 11 is 1.64. The summed E-state index contributed by atoms with van der Waals surface area (Å²) in [6.07, 6.45) is 1.54. The molecule has 0 spiro atoms. The van der Waals surface area contributed by atoms with Crippen molar-refractivity contribution >= 4 is 23.1 Å². The van der Waals surface area contributed by atoms with Crippen LogP contribution in [0.1, 0.15) is 29.2 Å². The molecule has 0 unspecified atom stereocenters. The van der Waals surface area contributed by atoms with E-state index in [1.165, 1.54) is 0 Å². The van der Waals surface area contributed by atoms with Gasteiger partial charge in [0.1, 0.15) is 0 Å². The molecular formula is C16H19N5OS. The van der Waals surface area contributed by atoms with Gasteiger partial charge in [-0.15, -0.1) is 16.4 Å². The van der Waals surface area contributed by atoms with Crippen molar-refractivity contribution in [2.75, 3.05) is 11.4 Å². The number of likely N-dealkylation sites (tertiary alicyclic amines) is 1. The highest BCUT2D eigenvalue weighted by molar-refractivity contribution is 7.09. The largest absolute Gasteiger partial charge is 0.349 e. The Morgan fingerprint density at radius 1 is 1.26 bits per heavy atom. The van der Waals surface area contributed by atoms with Gasteiger partial charge in [-0.3, -0.25) is 4.79 Å². The summed E-state index contributed by atoms with van der Waals surface area (Å²) in [4.78, 5) is 21.2. The Morgan fingerprint density at radius 2 is 2.13 bits per heavy atom. The first-order valence-corrected chi connectivity index (χ1v) is 8.77. The molecule has 4 heterocycles. The van der Waals surface area contributed by atoms with Gasteiger partial charge in [-0.25, -0.2) is 4.98 Å². The molecule has 0 aliphatic carbocycles. The van der Waals surface area contributed by atoms with Crippen molar-refractivity contribution in [2.45, 2.75) is 45.3 Å². The monoisotopic (exact) mass is 329 g/mol. The van der Waals surface area contributed by atoms with Gasteiger partial charge in [-0.2, -0.15) is 5.10 Å². The second kappa shape index (κ2) is 5.56. The van der Waals surface area contributed by atoms with Crippen molar-refractivity contribution in [3.05, 3.63) is 33.9 Å². The van der Waals surface area contributed by atoms with E-state index in [0.717, 1.165) is 35.2 Å². The van der Waals surface area contributed by atoms with Crippen molar-refractivity contribution in [3.63, 3.8) is 0 Å². The molecule has 2 fully saturated rings. The lowest BCUT2D eigenvalue weighted by Crippen LogP contribution is -2.37. The fourth-order valence-corrected chi connectivity index (χ4v) is 4.22. The van der Waals surface area contributed by atoms with Crippen LogP contribution in [0.3, 0.4) is 0 Å². The molecule has 7 heteroatoms. The summed E-state index contributed by atoms with van der Waals surface area (Å²) in [6.45, 7) is 5.47. The van der Waals surface area contributed by atoms with E-state index >= 15 is 0 Å². The third kappa shape index (κ3) is 2.59. The van der Waals surface area contributed by atoms with Crippen LogP contribution >= 0.6 is 11.3 Å². The van der Waals surface area contributed by atoms with Gasteiger partial charge in [0.05, 0.1) is 35.0 Å². The molecule has 2 atom stereocenters. The van der Waals surface area contributed by atoms with Gasteiger partial charge in [0.15, 0.2) is 5.82 Å². The van der Waals surface area contributed by atoms with Crippen LogP contribution in [0, 0.1) is 13.8 Å². The number of amides is 1. The second-order valence-electron chi connectivity index (χ2n) is 6.23. The lowest BCUT2D eigenvalue weighted by molar-refractivity contribution is -0.129. The number of aryl methyl sites for hydroxylation is 2. The molecule has 2 aromatic heterocycles. The first kappa shape index (κ1) is 14.6. The molecule has 0 N–H and O–H groups in total. The molecule has 0 aromatic carbocycles. The predicted molar refractivity (Wildman–Crippen MR) is 88.3 cm³/mol. The summed E-state index contributed by atoms with van der Waals surface area (Å²) in [5.41, 5.74) is 1.91. The Bertz CT molecular complexity index is 728. The van der Waals surface area contributed by atoms with Crippen LogP contribution in [-0.2, 0) is 11.3 Å². The molecule has 0 radical (unpaired) electrons. The summed E-state index contributed by atoms with van der Waals surface area (Å²) < 4.78 is 0. The van der Waals surface area contributed by atoms with Gasteiger partial charge in [0.2, 0.25) is 5.91 Å². The number of thiazole rings is 1. The number of hydrogen-bond acceptors (Lipinski definition) is 6. The van der Waals surface area contributed by atoms with Crippen LogP contribution in [0.4, 0.5) is 5.82 Å².